The zero-order chi connectivity index (χ0) is 16.5. The summed E-state index contributed by atoms with van der Waals surface area (Å²) < 4.78 is 34.3. The fraction of sp³-hybridized carbons (Fsp3) is 0.278. The van der Waals surface area contributed by atoms with Gasteiger partial charge in [-0.25, -0.2) is 13.5 Å². The van der Waals surface area contributed by atoms with E-state index in [1.807, 2.05) is 24.3 Å². The summed E-state index contributed by atoms with van der Waals surface area (Å²) in [6.45, 7) is 2.55. The van der Waals surface area contributed by atoms with Crippen LogP contribution in [0.3, 0.4) is 0 Å². The lowest BCUT2D eigenvalue weighted by Crippen LogP contribution is -2.15. The zero-order valence-corrected chi connectivity index (χ0v) is 13.0. The van der Waals surface area contributed by atoms with Gasteiger partial charge >= 0.3 is 0 Å². The molecule has 1 saturated heterocycles. The first kappa shape index (κ1) is 15.1. The van der Waals surface area contributed by atoms with E-state index in [0.29, 0.717) is 24.1 Å². The van der Waals surface area contributed by atoms with Crippen LogP contribution in [0.5, 0.6) is 5.88 Å². The van der Waals surface area contributed by atoms with Crippen LogP contribution in [0.4, 0.5) is 8.78 Å². The van der Waals surface area contributed by atoms with Crippen molar-refractivity contribution in [2.75, 3.05) is 19.7 Å². The highest BCUT2D eigenvalue weighted by Gasteiger charge is 2.18. The standard InChI is InChI=1S/C18H17F2N3O/c19-15-6-5-13(9-16(15)20)23-17-4-2-1-3-14(17)18(22-23)24-11-12-7-8-21-10-12/h1-6,9,12,21H,7-8,10-11H2/t12-/m0/s1. The van der Waals surface area contributed by atoms with Gasteiger partial charge in [-0.05, 0) is 37.2 Å². The number of halogens is 2. The highest BCUT2D eigenvalue weighted by atomic mass is 19.2. The summed E-state index contributed by atoms with van der Waals surface area (Å²) in [5.74, 6) is -0.786. The first-order valence-electron chi connectivity index (χ1n) is 7.99. The highest BCUT2D eigenvalue weighted by molar-refractivity contribution is 5.85. The summed E-state index contributed by atoms with van der Waals surface area (Å²) >= 11 is 0. The van der Waals surface area contributed by atoms with E-state index >= 15 is 0 Å². The number of nitrogens with zero attached hydrogens (tertiary/aromatic N) is 2. The molecule has 0 unspecified atom stereocenters. The minimum absolute atomic E-state index is 0.461. The van der Waals surface area contributed by atoms with Gasteiger partial charge in [0.15, 0.2) is 11.6 Å². The molecule has 2 aromatic carbocycles. The average molecular weight is 329 g/mol. The number of nitrogens with one attached hydrogen (secondary N) is 1. The van der Waals surface area contributed by atoms with Crippen molar-refractivity contribution >= 4 is 10.9 Å². The largest absolute Gasteiger partial charge is 0.476 e. The predicted molar refractivity (Wildman–Crippen MR) is 87.5 cm³/mol. The molecular formula is C18H17F2N3O. The first-order chi connectivity index (χ1) is 11.7. The Morgan fingerprint density at radius 2 is 2.04 bits per heavy atom. The Morgan fingerprint density at radius 1 is 1.17 bits per heavy atom. The number of benzene rings is 2. The summed E-state index contributed by atoms with van der Waals surface area (Å²) in [7, 11) is 0. The molecular weight excluding hydrogens is 312 g/mol. The molecule has 0 saturated carbocycles. The van der Waals surface area contributed by atoms with Crippen molar-refractivity contribution in [3.8, 4) is 11.6 Å². The summed E-state index contributed by atoms with van der Waals surface area (Å²) in [4.78, 5) is 0. The van der Waals surface area contributed by atoms with Crippen LogP contribution in [0, 0.1) is 17.6 Å². The molecule has 1 aliphatic heterocycles. The minimum atomic E-state index is -0.897. The molecule has 2 heterocycles. The molecule has 1 aromatic heterocycles. The number of aromatic nitrogens is 2. The number of para-hydroxylation sites is 1. The lowest BCUT2D eigenvalue weighted by molar-refractivity contribution is 0.252. The zero-order valence-electron chi connectivity index (χ0n) is 13.0. The average Bonchev–Trinajstić information content (AvgIpc) is 3.23. The van der Waals surface area contributed by atoms with Gasteiger partial charge in [0.25, 0.3) is 0 Å². The Morgan fingerprint density at radius 3 is 2.83 bits per heavy atom. The molecule has 0 amide bonds. The second-order valence-electron chi connectivity index (χ2n) is 6.00. The molecule has 1 aliphatic rings. The third kappa shape index (κ3) is 2.73. The third-order valence-corrected chi connectivity index (χ3v) is 4.32. The van der Waals surface area contributed by atoms with E-state index in [2.05, 4.69) is 10.4 Å². The van der Waals surface area contributed by atoms with Crippen molar-refractivity contribution in [3.63, 3.8) is 0 Å². The molecule has 6 heteroatoms. The van der Waals surface area contributed by atoms with Crippen molar-refractivity contribution in [3.05, 3.63) is 54.1 Å². The van der Waals surface area contributed by atoms with E-state index in [-0.39, 0.29) is 0 Å². The summed E-state index contributed by atoms with van der Waals surface area (Å²) in [6, 6.07) is 11.3. The summed E-state index contributed by atoms with van der Waals surface area (Å²) in [5, 5.41) is 8.64. The monoisotopic (exact) mass is 329 g/mol. The van der Waals surface area contributed by atoms with Crippen molar-refractivity contribution in [2.24, 2.45) is 5.92 Å². The predicted octanol–water partition coefficient (Wildman–Crippen LogP) is 3.29. The summed E-state index contributed by atoms with van der Waals surface area (Å²) in [5.41, 5.74) is 1.26. The normalized spacial score (nSPS) is 17.5. The van der Waals surface area contributed by atoms with Crippen LogP contribution in [0.25, 0.3) is 16.6 Å². The van der Waals surface area contributed by atoms with Gasteiger partial charge in [0.2, 0.25) is 5.88 Å². The van der Waals surface area contributed by atoms with Gasteiger partial charge in [0, 0.05) is 18.5 Å². The Labute approximate surface area is 138 Å². The SMILES string of the molecule is Fc1ccc(-n2nc(OC[C@H]3CCNC3)c3ccccc32)cc1F. The molecule has 4 rings (SSSR count). The van der Waals surface area contributed by atoms with E-state index in [1.54, 1.807) is 4.68 Å². The second kappa shape index (κ2) is 6.20. The summed E-state index contributed by atoms with van der Waals surface area (Å²) in [6.07, 6.45) is 1.09. The van der Waals surface area contributed by atoms with Crippen LogP contribution in [0.1, 0.15) is 6.42 Å². The fourth-order valence-corrected chi connectivity index (χ4v) is 3.01. The number of ether oxygens (including phenoxy) is 1. The third-order valence-electron chi connectivity index (χ3n) is 4.32. The van der Waals surface area contributed by atoms with Crippen molar-refractivity contribution in [2.45, 2.75) is 6.42 Å². The van der Waals surface area contributed by atoms with Crippen LogP contribution >= 0.6 is 0 Å². The Hall–Kier alpha value is -2.47. The number of rotatable bonds is 4. The van der Waals surface area contributed by atoms with Crippen LogP contribution in [0.2, 0.25) is 0 Å². The lowest BCUT2D eigenvalue weighted by atomic mass is 10.1. The Balaban J connectivity index is 1.71. The number of hydrogen-bond donors (Lipinski definition) is 1. The highest BCUT2D eigenvalue weighted by Crippen LogP contribution is 2.28. The van der Waals surface area contributed by atoms with Crippen LogP contribution in [-0.2, 0) is 0 Å². The van der Waals surface area contributed by atoms with Gasteiger partial charge in [0.05, 0.1) is 23.2 Å². The lowest BCUT2D eigenvalue weighted by Gasteiger charge is -2.08. The van der Waals surface area contributed by atoms with Crippen LogP contribution < -0.4 is 10.1 Å². The van der Waals surface area contributed by atoms with Gasteiger partial charge in [0.1, 0.15) is 0 Å². The van der Waals surface area contributed by atoms with E-state index < -0.39 is 11.6 Å². The number of fused-ring (bicyclic) bond motifs is 1. The molecule has 0 radical (unpaired) electrons. The number of hydrogen-bond acceptors (Lipinski definition) is 3. The Bertz CT molecular complexity index is 872. The molecule has 124 valence electrons. The van der Waals surface area contributed by atoms with E-state index in [9.17, 15) is 8.78 Å². The molecule has 1 N–H and O–H groups in total. The molecule has 3 aromatic rings. The quantitative estimate of drug-likeness (QED) is 0.798. The van der Waals surface area contributed by atoms with Gasteiger partial charge in [-0.1, -0.05) is 12.1 Å². The van der Waals surface area contributed by atoms with E-state index in [1.165, 1.54) is 6.07 Å². The fourth-order valence-electron chi connectivity index (χ4n) is 3.01. The molecule has 1 fully saturated rings. The topological polar surface area (TPSA) is 39.1 Å². The van der Waals surface area contributed by atoms with Crippen molar-refractivity contribution < 1.29 is 13.5 Å². The van der Waals surface area contributed by atoms with Gasteiger partial charge in [-0.15, -0.1) is 5.10 Å². The van der Waals surface area contributed by atoms with E-state index in [4.69, 9.17) is 4.74 Å². The second-order valence-corrected chi connectivity index (χ2v) is 6.00. The molecule has 24 heavy (non-hydrogen) atoms. The van der Waals surface area contributed by atoms with Crippen LogP contribution in [0.15, 0.2) is 42.5 Å². The maximum Gasteiger partial charge on any atom is 0.241 e. The smallest absolute Gasteiger partial charge is 0.241 e. The maximum absolute atomic E-state index is 13.6. The van der Waals surface area contributed by atoms with Gasteiger partial charge < -0.3 is 10.1 Å². The van der Waals surface area contributed by atoms with Gasteiger partial charge in [-0.2, -0.15) is 0 Å². The van der Waals surface area contributed by atoms with Crippen molar-refractivity contribution in [1.29, 1.82) is 0 Å². The molecule has 0 spiro atoms. The maximum atomic E-state index is 13.6. The van der Waals surface area contributed by atoms with E-state index in [0.717, 1.165) is 42.5 Å². The molecule has 4 nitrogen and oxygen atoms in total. The minimum Gasteiger partial charge on any atom is -0.476 e. The first-order valence-corrected chi connectivity index (χ1v) is 7.99. The molecule has 0 bridgehead atoms. The molecule has 1 atom stereocenters. The van der Waals surface area contributed by atoms with Gasteiger partial charge in [-0.3, -0.25) is 0 Å². The van der Waals surface area contributed by atoms with Crippen molar-refractivity contribution in [1.82, 2.24) is 15.1 Å². The van der Waals surface area contributed by atoms with Crippen LogP contribution in [-0.4, -0.2) is 29.5 Å². The molecule has 0 aliphatic carbocycles. The Kier molecular flexibility index (Phi) is 3.90.